The first-order chi connectivity index (χ1) is 13.8. The monoisotopic (exact) mass is 399 g/mol. The summed E-state index contributed by atoms with van der Waals surface area (Å²) in [5.41, 5.74) is 0.923. The Morgan fingerprint density at radius 3 is 2.90 bits per heavy atom. The van der Waals surface area contributed by atoms with E-state index in [0.717, 1.165) is 31.4 Å². The second-order valence-electron chi connectivity index (χ2n) is 11.5. The largest absolute Gasteiger partial charge is 0.462 e. The summed E-state index contributed by atoms with van der Waals surface area (Å²) in [5.74, 6) is 1.18. The van der Waals surface area contributed by atoms with E-state index in [2.05, 4.69) is 25.3 Å². The van der Waals surface area contributed by atoms with Crippen LogP contribution in [0.2, 0.25) is 0 Å². The number of esters is 1. The second kappa shape index (κ2) is 4.94. The summed E-state index contributed by atoms with van der Waals surface area (Å²) in [4.78, 5) is 14.9. The van der Waals surface area contributed by atoms with Gasteiger partial charge in [-0.2, -0.15) is 0 Å². The fraction of sp³-hybridized carbons (Fsp3) is 0.875. The molecule has 0 amide bonds. The minimum atomic E-state index is -0.465. The van der Waals surface area contributed by atoms with Crippen molar-refractivity contribution < 1.29 is 19.4 Å². The Morgan fingerprint density at radius 2 is 2.17 bits per heavy atom. The van der Waals surface area contributed by atoms with Crippen LogP contribution in [0.4, 0.5) is 0 Å². The maximum Gasteiger partial charge on any atom is 0.302 e. The van der Waals surface area contributed by atoms with Gasteiger partial charge in [-0.1, -0.05) is 20.4 Å². The van der Waals surface area contributed by atoms with Crippen LogP contribution in [-0.2, 0) is 14.3 Å². The van der Waals surface area contributed by atoms with Gasteiger partial charge in [0.25, 0.3) is 0 Å². The minimum Gasteiger partial charge on any atom is -0.462 e. The van der Waals surface area contributed by atoms with Gasteiger partial charge in [0.1, 0.15) is 12.3 Å². The number of ether oxygens (including phenoxy) is 2. The molecule has 0 aromatic heterocycles. The lowest BCUT2D eigenvalue weighted by Crippen LogP contribution is -2.80. The average molecular weight is 400 g/mol. The van der Waals surface area contributed by atoms with E-state index in [0.29, 0.717) is 17.9 Å². The van der Waals surface area contributed by atoms with E-state index < -0.39 is 6.10 Å². The topological polar surface area (TPSA) is 59.0 Å². The molecule has 0 aromatic carbocycles. The summed E-state index contributed by atoms with van der Waals surface area (Å²) in [6.45, 7) is 11.6. The molecule has 9 bridgehead atoms. The van der Waals surface area contributed by atoms with Gasteiger partial charge in [-0.05, 0) is 56.1 Å². The molecular formula is C24H33NO4. The van der Waals surface area contributed by atoms with Gasteiger partial charge in [0.05, 0.1) is 12.2 Å². The highest BCUT2D eigenvalue weighted by Gasteiger charge is 2.90. The van der Waals surface area contributed by atoms with Crippen LogP contribution in [0.1, 0.15) is 52.9 Å². The van der Waals surface area contributed by atoms with Gasteiger partial charge >= 0.3 is 5.97 Å². The molecule has 29 heavy (non-hydrogen) atoms. The van der Waals surface area contributed by atoms with Crippen molar-refractivity contribution in [3.63, 3.8) is 0 Å². The normalized spacial score (nSPS) is 63.3. The van der Waals surface area contributed by atoms with Crippen LogP contribution in [-0.4, -0.2) is 53.1 Å². The standard InChI is InChI=1S/C24H33NO4/c1-5-25-19-14-10-15-22(4)8-7-16(29-21(22)25)24(15,19)18-17(28-12(3)26)13-6-9-23(14,18)20(27)11(13)2/h13-21,27H,2,5-10H2,1,3-4H3/t13-,14?,15-,16+,17+,18-,19-,20-,21-,22-,23+,24-/m1/s1. The van der Waals surface area contributed by atoms with Gasteiger partial charge in [0.15, 0.2) is 0 Å². The van der Waals surface area contributed by atoms with Crippen molar-refractivity contribution in [2.24, 2.45) is 39.9 Å². The highest BCUT2D eigenvalue weighted by Crippen LogP contribution is 2.86. The number of aliphatic hydroxyl groups is 1. The highest BCUT2D eigenvalue weighted by atomic mass is 16.5. The zero-order valence-corrected chi connectivity index (χ0v) is 17.8. The van der Waals surface area contributed by atoms with Crippen LogP contribution in [0.15, 0.2) is 12.2 Å². The molecular weight excluding hydrogens is 366 g/mol. The fourth-order valence-corrected chi connectivity index (χ4v) is 10.9. The van der Waals surface area contributed by atoms with Crippen molar-refractivity contribution in [2.75, 3.05) is 6.54 Å². The number of nitrogens with zero attached hydrogens (tertiary/aromatic N) is 1. The predicted molar refractivity (Wildman–Crippen MR) is 106 cm³/mol. The summed E-state index contributed by atoms with van der Waals surface area (Å²) >= 11 is 0. The molecule has 4 aliphatic heterocycles. The quantitative estimate of drug-likeness (QED) is 0.572. The molecule has 4 saturated heterocycles. The summed E-state index contributed by atoms with van der Waals surface area (Å²) < 4.78 is 13.0. The third-order valence-electron chi connectivity index (χ3n) is 11.2. The van der Waals surface area contributed by atoms with Crippen LogP contribution in [0.25, 0.3) is 0 Å². The van der Waals surface area contributed by atoms with Crippen molar-refractivity contribution in [2.45, 2.75) is 83.5 Å². The van der Waals surface area contributed by atoms with Crippen LogP contribution >= 0.6 is 0 Å². The Labute approximate surface area is 172 Å². The zero-order valence-electron chi connectivity index (χ0n) is 17.8. The Kier molecular flexibility index (Phi) is 3.02. The number of piperidine rings is 1. The first-order valence-electron chi connectivity index (χ1n) is 11.8. The maximum atomic E-state index is 12.2. The SMILES string of the molecule is C=C1[C@H]2CC[C@@]3(C4C[C@@H]5[C@@]6(C)CC[C@@H]7O[C@H]6N(CC)[C@H]4[C@@]75[C@@H]3[C@H]2OC(C)=O)[C@@H]1O. The number of carbonyl (C=O) groups excluding carboxylic acids is 1. The van der Waals surface area contributed by atoms with Gasteiger partial charge in [-0.25, -0.2) is 0 Å². The molecule has 10 rings (SSSR count). The second-order valence-corrected chi connectivity index (χ2v) is 11.5. The lowest BCUT2D eigenvalue weighted by atomic mass is 9.37. The first-order valence-corrected chi connectivity index (χ1v) is 11.8. The Balaban J connectivity index is 1.50. The molecule has 0 aromatic rings. The average Bonchev–Trinajstić information content (AvgIpc) is 3.15. The third kappa shape index (κ3) is 1.49. The summed E-state index contributed by atoms with van der Waals surface area (Å²) in [6, 6.07) is 0.456. The van der Waals surface area contributed by atoms with E-state index in [9.17, 15) is 9.90 Å². The van der Waals surface area contributed by atoms with Crippen molar-refractivity contribution in [3.05, 3.63) is 12.2 Å². The number of fused-ring (bicyclic) bond motifs is 3. The number of aliphatic hydroxyl groups excluding tert-OH is 1. The van der Waals surface area contributed by atoms with Crippen LogP contribution in [0.3, 0.4) is 0 Å². The van der Waals surface area contributed by atoms with Gasteiger partial charge in [0, 0.05) is 41.0 Å². The highest BCUT2D eigenvalue weighted by molar-refractivity contribution is 5.66. The van der Waals surface area contributed by atoms with E-state index in [4.69, 9.17) is 9.47 Å². The number of hydrogen-bond donors (Lipinski definition) is 1. The summed E-state index contributed by atoms with van der Waals surface area (Å²) in [5, 5.41) is 11.6. The number of rotatable bonds is 2. The van der Waals surface area contributed by atoms with Crippen molar-refractivity contribution in [1.82, 2.24) is 4.90 Å². The lowest BCUT2D eigenvalue weighted by molar-refractivity contribution is -0.380. The Bertz CT molecular complexity index is 843. The van der Waals surface area contributed by atoms with Gasteiger partial charge in [-0.15, -0.1) is 0 Å². The molecule has 1 unspecified atom stereocenters. The summed E-state index contributed by atoms with van der Waals surface area (Å²) in [7, 11) is 0. The smallest absolute Gasteiger partial charge is 0.302 e. The molecule has 6 saturated carbocycles. The molecule has 2 spiro atoms. The molecule has 0 radical (unpaired) electrons. The number of carbonyl (C=O) groups is 1. The Hall–Kier alpha value is -0.910. The molecule has 5 nitrogen and oxygen atoms in total. The van der Waals surface area contributed by atoms with Crippen molar-refractivity contribution in [3.8, 4) is 0 Å². The van der Waals surface area contributed by atoms with Crippen LogP contribution in [0.5, 0.6) is 0 Å². The molecule has 158 valence electrons. The van der Waals surface area contributed by atoms with Crippen LogP contribution in [0, 0.1) is 39.9 Å². The van der Waals surface area contributed by atoms with Crippen molar-refractivity contribution in [1.29, 1.82) is 0 Å². The Morgan fingerprint density at radius 1 is 1.38 bits per heavy atom. The lowest BCUT2D eigenvalue weighted by Gasteiger charge is -2.75. The molecule has 10 fully saturated rings. The van der Waals surface area contributed by atoms with Gasteiger partial charge < -0.3 is 14.6 Å². The molecule has 10 aliphatic rings. The van der Waals surface area contributed by atoms with E-state index in [1.807, 2.05) is 0 Å². The third-order valence-corrected chi connectivity index (χ3v) is 11.2. The maximum absolute atomic E-state index is 12.2. The van der Waals surface area contributed by atoms with Gasteiger partial charge in [0.2, 0.25) is 0 Å². The van der Waals surface area contributed by atoms with Crippen molar-refractivity contribution >= 4 is 5.97 Å². The van der Waals surface area contributed by atoms with E-state index in [1.54, 1.807) is 6.92 Å². The molecule has 4 heterocycles. The van der Waals surface area contributed by atoms with E-state index >= 15 is 0 Å². The molecule has 12 atom stereocenters. The van der Waals surface area contributed by atoms with E-state index in [-0.39, 0.29) is 52.5 Å². The fourth-order valence-electron chi connectivity index (χ4n) is 10.9. The molecule has 1 N–H and O–H groups in total. The molecule has 6 aliphatic carbocycles. The summed E-state index contributed by atoms with van der Waals surface area (Å²) in [6.07, 6.45) is 5.45. The zero-order chi connectivity index (χ0) is 20.1. The van der Waals surface area contributed by atoms with E-state index in [1.165, 1.54) is 12.8 Å². The van der Waals surface area contributed by atoms with Gasteiger partial charge in [-0.3, -0.25) is 9.69 Å². The van der Waals surface area contributed by atoms with Crippen LogP contribution < -0.4 is 0 Å². The number of hydrogen-bond acceptors (Lipinski definition) is 5. The molecule has 5 heteroatoms. The first kappa shape index (κ1) is 17.7. The predicted octanol–water partition coefficient (Wildman–Crippen LogP) is 2.73. The minimum absolute atomic E-state index is 0.0168.